The second-order valence-electron chi connectivity index (χ2n) is 7.26. The second kappa shape index (κ2) is 5.72. The molecule has 0 aliphatic carbocycles. The Kier molecular flexibility index (Phi) is 3.66. The van der Waals surface area contributed by atoms with Gasteiger partial charge in [0.15, 0.2) is 0 Å². The smallest absolute Gasteiger partial charge is 0.214 e. The van der Waals surface area contributed by atoms with Gasteiger partial charge >= 0.3 is 0 Å². The lowest BCUT2D eigenvalue weighted by Gasteiger charge is -2.44. The van der Waals surface area contributed by atoms with E-state index in [4.69, 9.17) is 9.47 Å². The summed E-state index contributed by atoms with van der Waals surface area (Å²) >= 11 is 0. The van der Waals surface area contributed by atoms with Crippen LogP contribution in [0.5, 0.6) is 0 Å². The first kappa shape index (κ1) is 15.4. The molecule has 124 valence electrons. The van der Waals surface area contributed by atoms with E-state index in [2.05, 4.69) is 61.3 Å². The van der Waals surface area contributed by atoms with Crippen molar-refractivity contribution in [2.24, 2.45) is 5.41 Å². The lowest BCUT2D eigenvalue weighted by molar-refractivity contribution is -0.313. The van der Waals surface area contributed by atoms with Gasteiger partial charge in [0.25, 0.3) is 0 Å². The van der Waals surface area contributed by atoms with Gasteiger partial charge in [-0.25, -0.2) is 4.98 Å². The Labute approximate surface area is 142 Å². The van der Waals surface area contributed by atoms with Crippen LogP contribution in [0.4, 0.5) is 0 Å². The second-order valence-corrected chi connectivity index (χ2v) is 7.26. The van der Waals surface area contributed by atoms with Crippen LogP contribution in [0.25, 0.3) is 10.8 Å². The highest BCUT2D eigenvalue weighted by Gasteiger charge is 2.43. The van der Waals surface area contributed by atoms with E-state index < -0.39 is 5.79 Å². The summed E-state index contributed by atoms with van der Waals surface area (Å²) in [5.41, 5.74) is 1.09. The Balaban J connectivity index is 1.83. The van der Waals surface area contributed by atoms with Gasteiger partial charge in [0, 0.05) is 23.4 Å². The first-order valence-corrected chi connectivity index (χ1v) is 8.30. The van der Waals surface area contributed by atoms with Crippen molar-refractivity contribution in [2.75, 3.05) is 13.2 Å². The molecule has 1 saturated heterocycles. The van der Waals surface area contributed by atoms with Gasteiger partial charge in [-0.05, 0) is 10.8 Å². The fourth-order valence-electron chi connectivity index (χ4n) is 3.22. The molecule has 1 aromatic heterocycles. The number of fused-ring (bicyclic) bond motifs is 1. The summed E-state index contributed by atoms with van der Waals surface area (Å²) in [6.45, 7) is 6.22. The Bertz CT molecular complexity index is 824. The van der Waals surface area contributed by atoms with Crippen molar-refractivity contribution < 1.29 is 9.47 Å². The molecule has 0 saturated carbocycles. The zero-order chi connectivity index (χ0) is 16.6. The predicted molar refractivity (Wildman–Crippen MR) is 93.5 cm³/mol. The summed E-state index contributed by atoms with van der Waals surface area (Å²) in [7, 11) is 0. The van der Waals surface area contributed by atoms with E-state index >= 15 is 0 Å². The van der Waals surface area contributed by atoms with Gasteiger partial charge in [-0.15, -0.1) is 0 Å². The quantitative estimate of drug-likeness (QED) is 0.732. The maximum Gasteiger partial charge on any atom is 0.214 e. The molecule has 0 radical (unpaired) electrons. The van der Waals surface area contributed by atoms with E-state index in [1.165, 1.54) is 10.8 Å². The molecule has 1 aliphatic heterocycles. The summed E-state index contributed by atoms with van der Waals surface area (Å²) in [5.74, 6) is -0.795. The summed E-state index contributed by atoms with van der Waals surface area (Å²) < 4.78 is 14.8. The number of ether oxygens (including phenoxy) is 2. The molecule has 4 heteroatoms. The maximum absolute atomic E-state index is 6.38. The van der Waals surface area contributed by atoms with Crippen molar-refractivity contribution >= 4 is 10.8 Å². The number of hydrogen-bond donors (Lipinski definition) is 0. The van der Waals surface area contributed by atoms with E-state index in [-0.39, 0.29) is 5.41 Å². The molecule has 4 nitrogen and oxygen atoms in total. The molecule has 0 N–H and O–H groups in total. The Morgan fingerprint density at radius 3 is 2.54 bits per heavy atom. The minimum atomic E-state index is -0.795. The molecule has 3 aromatic rings. The van der Waals surface area contributed by atoms with Crippen molar-refractivity contribution in [3.63, 3.8) is 0 Å². The van der Waals surface area contributed by atoms with Crippen molar-refractivity contribution in [3.05, 3.63) is 66.7 Å². The number of benzene rings is 2. The van der Waals surface area contributed by atoms with Crippen molar-refractivity contribution in [1.82, 2.24) is 9.55 Å². The molecule has 1 fully saturated rings. The van der Waals surface area contributed by atoms with Crippen LogP contribution in [-0.2, 0) is 21.8 Å². The van der Waals surface area contributed by atoms with Crippen LogP contribution in [0.1, 0.15) is 19.4 Å². The minimum Gasteiger partial charge on any atom is -0.344 e. The van der Waals surface area contributed by atoms with Gasteiger partial charge < -0.3 is 14.0 Å². The zero-order valence-electron chi connectivity index (χ0n) is 14.1. The standard InChI is InChI=1S/C20H22N2O2/c1-19(2)13-23-20(24-14-19,12-22-11-10-21-15-22)18-9-5-7-16-6-3-4-8-17(16)18/h3-11,15H,12-14H2,1-2H3. The van der Waals surface area contributed by atoms with Crippen LogP contribution in [0.3, 0.4) is 0 Å². The van der Waals surface area contributed by atoms with Gasteiger partial charge in [0.1, 0.15) is 0 Å². The van der Waals surface area contributed by atoms with Crippen molar-refractivity contribution in [1.29, 1.82) is 0 Å². The number of nitrogens with zero attached hydrogens (tertiary/aromatic N) is 2. The Morgan fingerprint density at radius 1 is 1.04 bits per heavy atom. The van der Waals surface area contributed by atoms with E-state index in [9.17, 15) is 0 Å². The highest BCUT2D eigenvalue weighted by molar-refractivity contribution is 5.86. The number of hydrogen-bond acceptors (Lipinski definition) is 3. The van der Waals surface area contributed by atoms with E-state index in [0.717, 1.165) is 5.56 Å². The Morgan fingerprint density at radius 2 is 1.79 bits per heavy atom. The molecule has 1 aliphatic rings. The van der Waals surface area contributed by atoms with Crippen LogP contribution in [0.15, 0.2) is 61.2 Å². The highest BCUT2D eigenvalue weighted by Crippen LogP contribution is 2.40. The maximum atomic E-state index is 6.38. The molecule has 24 heavy (non-hydrogen) atoms. The minimum absolute atomic E-state index is 0.0169. The van der Waals surface area contributed by atoms with Crippen LogP contribution in [-0.4, -0.2) is 22.8 Å². The van der Waals surface area contributed by atoms with Crippen molar-refractivity contribution in [2.45, 2.75) is 26.2 Å². The van der Waals surface area contributed by atoms with E-state index in [0.29, 0.717) is 19.8 Å². The molecule has 0 unspecified atom stereocenters. The molecular weight excluding hydrogens is 300 g/mol. The molecule has 0 atom stereocenters. The molecule has 2 heterocycles. The number of aromatic nitrogens is 2. The summed E-state index contributed by atoms with van der Waals surface area (Å²) in [5, 5.41) is 2.36. The molecule has 0 amide bonds. The van der Waals surface area contributed by atoms with E-state index in [1.807, 2.05) is 10.8 Å². The predicted octanol–water partition coefficient (Wildman–Crippen LogP) is 3.96. The average molecular weight is 322 g/mol. The van der Waals surface area contributed by atoms with Gasteiger partial charge in [0.05, 0.1) is 26.1 Å². The third-order valence-electron chi connectivity index (χ3n) is 4.54. The summed E-state index contributed by atoms with van der Waals surface area (Å²) in [4.78, 5) is 4.16. The lowest BCUT2D eigenvalue weighted by Crippen LogP contribution is -2.48. The van der Waals surface area contributed by atoms with Crippen LogP contribution >= 0.6 is 0 Å². The SMILES string of the molecule is CC1(C)COC(Cn2ccnc2)(c2cccc3ccccc23)OC1. The first-order valence-electron chi connectivity index (χ1n) is 8.30. The molecule has 0 spiro atoms. The van der Waals surface area contributed by atoms with Crippen LogP contribution in [0.2, 0.25) is 0 Å². The molecule has 2 aromatic carbocycles. The fourth-order valence-corrected chi connectivity index (χ4v) is 3.22. The van der Waals surface area contributed by atoms with E-state index in [1.54, 1.807) is 12.5 Å². The van der Waals surface area contributed by atoms with Crippen LogP contribution < -0.4 is 0 Å². The Hall–Kier alpha value is -2.17. The third kappa shape index (κ3) is 2.72. The summed E-state index contributed by atoms with van der Waals surface area (Å²) in [6, 6.07) is 14.7. The topological polar surface area (TPSA) is 36.3 Å². The summed E-state index contributed by atoms with van der Waals surface area (Å²) in [6.07, 6.45) is 5.53. The molecule has 0 bridgehead atoms. The average Bonchev–Trinajstić information content (AvgIpc) is 3.09. The van der Waals surface area contributed by atoms with Gasteiger partial charge in [-0.3, -0.25) is 0 Å². The normalized spacial score (nSPS) is 19.4. The zero-order valence-corrected chi connectivity index (χ0v) is 14.1. The highest BCUT2D eigenvalue weighted by atomic mass is 16.7. The first-order chi connectivity index (χ1) is 11.6. The largest absolute Gasteiger partial charge is 0.344 e. The fraction of sp³-hybridized carbons (Fsp3) is 0.350. The number of rotatable bonds is 3. The van der Waals surface area contributed by atoms with Gasteiger partial charge in [-0.1, -0.05) is 56.3 Å². The molecule has 4 rings (SSSR count). The van der Waals surface area contributed by atoms with Crippen LogP contribution in [0, 0.1) is 5.41 Å². The number of imidazole rings is 1. The van der Waals surface area contributed by atoms with Gasteiger partial charge in [0.2, 0.25) is 5.79 Å². The lowest BCUT2D eigenvalue weighted by atomic mass is 9.91. The third-order valence-corrected chi connectivity index (χ3v) is 4.54. The van der Waals surface area contributed by atoms with Gasteiger partial charge in [-0.2, -0.15) is 0 Å². The monoisotopic (exact) mass is 322 g/mol. The molecular formula is C20H22N2O2. The van der Waals surface area contributed by atoms with Crippen molar-refractivity contribution in [3.8, 4) is 0 Å².